The van der Waals surface area contributed by atoms with Crippen LogP contribution >= 0.6 is 23.8 Å². The van der Waals surface area contributed by atoms with Gasteiger partial charge in [-0.1, -0.05) is 23.8 Å². The first kappa shape index (κ1) is 13.2. The van der Waals surface area contributed by atoms with Crippen LogP contribution in [-0.4, -0.2) is 19.2 Å². The Morgan fingerprint density at radius 2 is 2.31 bits per heavy atom. The van der Waals surface area contributed by atoms with Gasteiger partial charge in [0.15, 0.2) is 0 Å². The molecule has 0 aliphatic carbocycles. The highest BCUT2D eigenvalue weighted by Crippen LogP contribution is 2.21. The van der Waals surface area contributed by atoms with Crippen LogP contribution in [0.15, 0.2) is 12.1 Å². The number of benzene rings is 1. The number of thiocarbonyl (C=S) groups is 1. The second-order valence-corrected chi connectivity index (χ2v) is 5.84. The maximum Gasteiger partial charge on any atom is 0.232 e. The van der Waals surface area contributed by atoms with Crippen molar-refractivity contribution in [3.63, 3.8) is 0 Å². The van der Waals surface area contributed by atoms with Crippen LogP contribution in [0.3, 0.4) is 0 Å². The molecule has 4 nitrogen and oxygen atoms in total. The average Bonchev–Trinajstić information content (AvgIpc) is 2.20. The van der Waals surface area contributed by atoms with Crippen molar-refractivity contribution in [1.29, 1.82) is 0 Å². The third-order valence-electron chi connectivity index (χ3n) is 1.83. The predicted molar refractivity (Wildman–Crippen MR) is 69.3 cm³/mol. The third-order valence-corrected chi connectivity index (χ3v) is 3.56. The van der Waals surface area contributed by atoms with E-state index >= 15 is 0 Å². The van der Waals surface area contributed by atoms with Crippen LogP contribution in [0, 0.1) is 6.07 Å². The fraction of sp³-hybridized carbons (Fsp3) is 0.222. The summed E-state index contributed by atoms with van der Waals surface area (Å²) in [5, 5.41) is 0.322. The molecule has 0 atom stereocenters. The molecule has 16 heavy (non-hydrogen) atoms. The second-order valence-electron chi connectivity index (χ2n) is 2.98. The Bertz CT molecular complexity index is 514. The Morgan fingerprint density at radius 3 is 2.81 bits per heavy atom. The van der Waals surface area contributed by atoms with Gasteiger partial charge in [-0.3, -0.25) is 4.72 Å². The summed E-state index contributed by atoms with van der Waals surface area (Å²) in [6.07, 6.45) is 0. The van der Waals surface area contributed by atoms with Gasteiger partial charge >= 0.3 is 0 Å². The molecule has 1 aromatic carbocycles. The fourth-order valence-electron chi connectivity index (χ4n) is 0.993. The minimum Gasteiger partial charge on any atom is -0.389 e. The van der Waals surface area contributed by atoms with E-state index in [1.807, 2.05) is 0 Å². The zero-order chi connectivity index (χ0) is 12.3. The molecule has 1 radical (unpaired) electrons. The molecular weight excluding hydrogens is 268 g/mol. The van der Waals surface area contributed by atoms with Gasteiger partial charge in [-0.2, -0.15) is 0 Å². The van der Waals surface area contributed by atoms with Gasteiger partial charge in [0, 0.05) is 16.7 Å². The van der Waals surface area contributed by atoms with Crippen molar-refractivity contribution in [3.8, 4) is 0 Å². The van der Waals surface area contributed by atoms with Gasteiger partial charge in [0.2, 0.25) is 10.0 Å². The summed E-state index contributed by atoms with van der Waals surface area (Å²) in [6.45, 7) is 1.53. The van der Waals surface area contributed by atoms with Crippen molar-refractivity contribution in [3.05, 3.63) is 28.8 Å². The number of hydrogen-bond donors (Lipinski definition) is 2. The molecule has 0 amide bonds. The van der Waals surface area contributed by atoms with Gasteiger partial charge in [0.05, 0.1) is 11.4 Å². The van der Waals surface area contributed by atoms with E-state index in [0.717, 1.165) is 0 Å². The van der Waals surface area contributed by atoms with Crippen molar-refractivity contribution in [2.24, 2.45) is 5.73 Å². The van der Waals surface area contributed by atoms with Gasteiger partial charge in [0.25, 0.3) is 0 Å². The van der Waals surface area contributed by atoms with E-state index in [1.54, 1.807) is 0 Å². The summed E-state index contributed by atoms with van der Waals surface area (Å²) in [5.74, 6) is -0.0353. The summed E-state index contributed by atoms with van der Waals surface area (Å²) in [5.41, 5.74) is 6.14. The minimum atomic E-state index is -3.37. The Balaban J connectivity index is 3.19. The SMILES string of the molecule is CCS(=O)(=O)Nc1c[c]c(Cl)cc1C(N)=S. The van der Waals surface area contributed by atoms with Crippen molar-refractivity contribution in [2.75, 3.05) is 10.5 Å². The molecule has 0 saturated heterocycles. The van der Waals surface area contributed by atoms with E-state index in [-0.39, 0.29) is 10.7 Å². The molecule has 0 unspecified atom stereocenters. The second kappa shape index (κ2) is 4.99. The normalized spacial score (nSPS) is 11.1. The van der Waals surface area contributed by atoms with Crippen LogP contribution in [0.4, 0.5) is 5.69 Å². The largest absolute Gasteiger partial charge is 0.389 e. The molecule has 1 rings (SSSR count). The maximum atomic E-state index is 11.4. The zero-order valence-corrected chi connectivity index (χ0v) is 10.8. The molecule has 0 aliphatic rings. The van der Waals surface area contributed by atoms with Crippen LogP contribution < -0.4 is 10.5 Å². The first-order chi connectivity index (χ1) is 7.35. The van der Waals surface area contributed by atoms with Crippen molar-refractivity contribution >= 4 is 44.5 Å². The monoisotopic (exact) mass is 277 g/mol. The quantitative estimate of drug-likeness (QED) is 0.819. The van der Waals surface area contributed by atoms with Gasteiger partial charge in [-0.05, 0) is 19.1 Å². The molecule has 3 N–H and O–H groups in total. The Morgan fingerprint density at radius 1 is 1.69 bits per heavy atom. The molecule has 0 aliphatic heterocycles. The lowest BCUT2D eigenvalue weighted by Gasteiger charge is -2.10. The molecule has 0 fully saturated rings. The number of rotatable bonds is 4. The maximum absolute atomic E-state index is 11.4. The van der Waals surface area contributed by atoms with Crippen LogP contribution in [0.5, 0.6) is 0 Å². The lowest BCUT2D eigenvalue weighted by Crippen LogP contribution is -2.19. The number of nitrogens with two attached hydrogens (primary N) is 1. The number of hydrogen-bond acceptors (Lipinski definition) is 3. The molecular formula is C9H10ClN2O2S2. The topological polar surface area (TPSA) is 72.2 Å². The number of anilines is 1. The van der Waals surface area contributed by atoms with Crippen molar-refractivity contribution < 1.29 is 8.42 Å². The van der Waals surface area contributed by atoms with E-state index in [9.17, 15) is 8.42 Å². The molecule has 0 bridgehead atoms. The lowest BCUT2D eigenvalue weighted by atomic mass is 10.2. The van der Waals surface area contributed by atoms with E-state index in [4.69, 9.17) is 29.6 Å². The average molecular weight is 278 g/mol. The Labute approximate surface area is 105 Å². The molecule has 0 spiro atoms. The van der Waals surface area contributed by atoms with Gasteiger partial charge in [-0.15, -0.1) is 0 Å². The van der Waals surface area contributed by atoms with Gasteiger partial charge in [0.1, 0.15) is 4.99 Å². The van der Waals surface area contributed by atoms with E-state index < -0.39 is 10.0 Å². The minimum absolute atomic E-state index is 0.0353. The Kier molecular flexibility index (Phi) is 4.12. The summed E-state index contributed by atoms with van der Waals surface area (Å²) < 4.78 is 25.1. The summed E-state index contributed by atoms with van der Waals surface area (Å²) in [6, 6.07) is 5.54. The molecule has 0 heterocycles. The van der Waals surface area contributed by atoms with Crippen LogP contribution in [0.1, 0.15) is 12.5 Å². The molecule has 87 valence electrons. The van der Waals surface area contributed by atoms with Crippen molar-refractivity contribution in [2.45, 2.75) is 6.92 Å². The third kappa shape index (κ3) is 3.33. The highest BCUT2D eigenvalue weighted by atomic mass is 35.5. The van der Waals surface area contributed by atoms with Crippen LogP contribution in [-0.2, 0) is 10.0 Å². The van der Waals surface area contributed by atoms with Crippen molar-refractivity contribution in [1.82, 2.24) is 0 Å². The number of halogens is 1. The van der Waals surface area contributed by atoms with E-state index in [2.05, 4.69) is 10.8 Å². The Hall–Kier alpha value is -0.850. The molecule has 0 saturated carbocycles. The standard InChI is InChI=1S/C9H10ClN2O2S2/c1-2-16(13,14)12-8-4-3-6(10)5-7(8)9(11)15/h4-5,12H,2H2,1H3,(H2,11,15). The molecule has 1 aromatic rings. The van der Waals surface area contributed by atoms with Gasteiger partial charge < -0.3 is 5.73 Å². The zero-order valence-electron chi connectivity index (χ0n) is 8.45. The first-order valence-corrected chi connectivity index (χ1v) is 6.81. The van der Waals surface area contributed by atoms with Crippen LogP contribution in [0.25, 0.3) is 0 Å². The predicted octanol–water partition coefficient (Wildman–Crippen LogP) is 1.54. The lowest BCUT2D eigenvalue weighted by molar-refractivity contribution is 0.602. The summed E-state index contributed by atoms with van der Waals surface area (Å²) in [4.78, 5) is 0.0738. The summed E-state index contributed by atoms with van der Waals surface area (Å²) in [7, 11) is -3.37. The smallest absolute Gasteiger partial charge is 0.232 e. The van der Waals surface area contributed by atoms with Gasteiger partial charge in [-0.25, -0.2) is 8.42 Å². The van der Waals surface area contributed by atoms with Crippen LogP contribution in [0.2, 0.25) is 5.02 Å². The number of sulfonamides is 1. The first-order valence-electron chi connectivity index (χ1n) is 4.37. The molecule has 0 aromatic heterocycles. The summed E-state index contributed by atoms with van der Waals surface area (Å²) >= 11 is 10.5. The highest BCUT2D eigenvalue weighted by molar-refractivity contribution is 7.92. The van der Waals surface area contributed by atoms with E-state index in [0.29, 0.717) is 16.3 Å². The van der Waals surface area contributed by atoms with E-state index in [1.165, 1.54) is 19.1 Å². The molecule has 7 heteroatoms. The number of nitrogens with one attached hydrogen (secondary N) is 1. The highest BCUT2D eigenvalue weighted by Gasteiger charge is 2.12. The fourth-order valence-corrected chi connectivity index (χ4v) is 1.97.